The van der Waals surface area contributed by atoms with E-state index in [1.54, 1.807) is 32.9 Å². The number of phenols is 1. The molecule has 1 amide bonds. The van der Waals surface area contributed by atoms with Gasteiger partial charge < -0.3 is 20.3 Å². The van der Waals surface area contributed by atoms with Crippen molar-refractivity contribution < 1.29 is 33.0 Å². The van der Waals surface area contributed by atoms with E-state index in [2.05, 4.69) is 5.32 Å². The zero-order chi connectivity index (χ0) is 21.1. The fourth-order valence-corrected chi connectivity index (χ4v) is 4.11. The van der Waals surface area contributed by atoms with Crippen molar-refractivity contribution in [2.45, 2.75) is 32.1 Å². The molecule has 2 aromatic carbocycles. The lowest BCUT2D eigenvalue weighted by Gasteiger charge is -2.15. The van der Waals surface area contributed by atoms with Crippen molar-refractivity contribution in [3.8, 4) is 17.2 Å². The van der Waals surface area contributed by atoms with Crippen LogP contribution in [0, 0.1) is 13.8 Å². The Labute approximate surface area is 162 Å². The van der Waals surface area contributed by atoms with Gasteiger partial charge in [-0.2, -0.15) is 0 Å². The third kappa shape index (κ3) is 4.80. The summed E-state index contributed by atoms with van der Waals surface area (Å²) in [4.78, 5) is 21.8. The van der Waals surface area contributed by atoms with Gasteiger partial charge in [0.1, 0.15) is 22.1 Å². The number of carbonyl (C=O) groups excluding carboxylic acids is 1. The van der Waals surface area contributed by atoms with E-state index >= 15 is 0 Å². The van der Waals surface area contributed by atoms with Crippen molar-refractivity contribution >= 4 is 27.4 Å². The van der Waals surface area contributed by atoms with Gasteiger partial charge in [0.15, 0.2) is 9.84 Å². The number of aryl methyl sites for hydroxylation is 2. The Morgan fingerprint density at radius 1 is 1.11 bits per heavy atom. The topological polar surface area (TPSA) is 130 Å². The van der Waals surface area contributed by atoms with Crippen LogP contribution in [0.2, 0.25) is 0 Å². The van der Waals surface area contributed by atoms with Crippen LogP contribution in [0.4, 0.5) is 5.69 Å². The smallest absolute Gasteiger partial charge is 0.394 e. The van der Waals surface area contributed by atoms with E-state index in [1.807, 2.05) is 0 Å². The number of ether oxygens (including phenoxy) is 1. The predicted octanol–water partition coefficient (Wildman–Crippen LogP) is 3.01. The van der Waals surface area contributed by atoms with Gasteiger partial charge in [-0.05, 0) is 55.7 Å². The van der Waals surface area contributed by atoms with E-state index in [9.17, 15) is 23.1 Å². The maximum Gasteiger partial charge on any atom is 0.394 e. The Morgan fingerprint density at radius 2 is 1.71 bits per heavy atom. The molecular weight excluding hydrogens is 386 g/mol. The number of rotatable bonds is 6. The average molecular weight is 407 g/mol. The number of anilines is 1. The highest BCUT2D eigenvalue weighted by molar-refractivity contribution is 7.91. The predicted molar refractivity (Wildman–Crippen MR) is 103 cm³/mol. The second-order valence-corrected chi connectivity index (χ2v) is 8.33. The number of aromatic hydroxyl groups is 1. The van der Waals surface area contributed by atoms with Crippen LogP contribution in [0.5, 0.6) is 17.2 Å². The van der Waals surface area contributed by atoms with Crippen LogP contribution < -0.4 is 10.1 Å². The van der Waals surface area contributed by atoms with Gasteiger partial charge in [0.2, 0.25) is 0 Å². The van der Waals surface area contributed by atoms with Gasteiger partial charge in [0, 0.05) is 11.8 Å². The summed E-state index contributed by atoms with van der Waals surface area (Å²) in [6, 6.07) is 7.04. The van der Waals surface area contributed by atoms with Crippen molar-refractivity contribution in [1.82, 2.24) is 0 Å². The molecule has 2 rings (SSSR count). The molecule has 0 heterocycles. The molecule has 0 fully saturated rings. The number of carbonyl (C=O) groups is 2. The molecule has 28 heavy (non-hydrogen) atoms. The summed E-state index contributed by atoms with van der Waals surface area (Å²) in [5, 5.41) is 20.9. The van der Waals surface area contributed by atoms with E-state index in [-0.39, 0.29) is 22.1 Å². The van der Waals surface area contributed by atoms with Crippen molar-refractivity contribution in [3.63, 3.8) is 0 Å². The molecule has 0 radical (unpaired) electrons. The SMILES string of the molecule is CCCS(=O)(=O)c1cc(Oc2c(C)cc(NC(=O)C(=O)O)cc2C)ccc1O. The number of amides is 1. The van der Waals surface area contributed by atoms with E-state index in [4.69, 9.17) is 9.84 Å². The summed E-state index contributed by atoms with van der Waals surface area (Å²) in [6.07, 6.45) is 0.411. The zero-order valence-electron chi connectivity index (χ0n) is 15.6. The molecule has 3 N–H and O–H groups in total. The van der Waals surface area contributed by atoms with Gasteiger partial charge in [-0.25, -0.2) is 13.2 Å². The van der Waals surface area contributed by atoms with Crippen molar-refractivity contribution in [2.24, 2.45) is 0 Å². The number of hydrogen-bond donors (Lipinski definition) is 3. The summed E-state index contributed by atoms with van der Waals surface area (Å²) in [5.74, 6) is -2.54. The van der Waals surface area contributed by atoms with Crippen molar-refractivity contribution in [3.05, 3.63) is 41.5 Å². The molecule has 2 aromatic rings. The van der Waals surface area contributed by atoms with Gasteiger partial charge in [-0.3, -0.25) is 4.79 Å². The van der Waals surface area contributed by atoms with Crippen molar-refractivity contribution in [2.75, 3.05) is 11.1 Å². The maximum atomic E-state index is 12.3. The molecule has 150 valence electrons. The second kappa shape index (κ2) is 8.30. The molecular formula is C19H21NO7S. The fourth-order valence-electron chi connectivity index (χ4n) is 2.67. The van der Waals surface area contributed by atoms with Crippen LogP contribution in [-0.4, -0.2) is 36.3 Å². The minimum absolute atomic E-state index is 0.0972. The van der Waals surface area contributed by atoms with Gasteiger partial charge in [0.25, 0.3) is 0 Å². The Balaban J connectivity index is 2.36. The Bertz CT molecular complexity index is 1010. The Kier molecular flexibility index (Phi) is 6.30. The molecule has 0 saturated heterocycles. The van der Waals surface area contributed by atoms with Crippen LogP contribution in [0.25, 0.3) is 0 Å². The van der Waals surface area contributed by atoms with Crippen LogP contribution in [0.3, 0.4) is 0 Å². The van der Waals surface area contributed by atoms with Gasteiger partial charge in [0.05, 0.1) is 5.75 Å². The molecule has 8 nitrogen and oxygen atoms in total. The summed E-state index contributed by atoms with van der Waals surface area (Å²) < 4.78 is 30.4. The zero-order valence-corrected chi connectivity index (χ0v) is 16.5. The Hall–Kier alpha value is -3.07. The van der Waals surface area contributed by atoms with Crippen LogP contribution in [0.1, 0.15) is 24.5 Å². The third-order valence-corrected chi connectivity index (χ3v) is 5.81. The lowest BCUT2D eigenvalue weighted by Crippen LogP contribution is -2.21. The van der Waals surface area contributed by atoms with E-state index < -0.39 is 21.7 Å². The normalized spacial score (nSPS) is 11.1. The van der Waals surface area contributed by atoms with Crippen LogP contribution in [0.15, 0.2) is 35.2 Å². The first kappa shape index (κ1) is 21.2. The number of phenolic OH excluding ortho intramolecular Hbond substituents is 1. The Morgan fingerprint density at radius 3 is 2.25 bits per heavy atom. The highest BCUT2D eigenvalue weighted by atomic mass is 32.2. The third-order valence-electron chi connectivity index (χ3n) is 3.87. The molecule has 0 atom stereocenters. The van der Waals surface area contributed by atoms with Gasteiger partial charge >= 0.3 is 11.9 Å². The molecule has 9 heteroatoms. The molecule has 0 aromatic heterocycles. The molecule has 0 saturated carbocycles. The van der Waals surface area contributed by atoms with Gasteiger partial charge in [-0.15, -0.1) is 0 Å². The lowest BCUT2D eigenvalue weighted by molar-refractivity contribution is -0.147. The summed E-state index contributed by atoms with van der Waals surface area (Å²) in [7, 11) is -3.64. The highest BCUT2D eigenvalue weighted by Gasteiger charge is 2.20. The first-order valence-corrected chi connectivity index (χ1v) is 10.1. The summed E-state index contributed by atoms with van der Waals surface area (Å²) in [5.41, 5.74) is 1.50. The number of benzene rings is 2. The number of carboxylic acid groups (broad SMARTS) is 1. The largest absolute Gasteiger partial charge is 0.507 e. The number of nitrogens with one attached hydrogen (secondary N) is 1. The summed E-state index contributed by atoms with van der Waals surface area (Å²) in [6.45, 7) is 5.13. The number of carboxylic acids is 1. The molecule has 0 aliphatic rings. The standard InChI is InChI=1S/C19H21NO7S/c1-4-7-28(25,26)16-10-14(5-6-15(16)21)27-17-11(2)8-13(9-12(17)3)20-18(22)19(23)24/h5-6,8-10,21H,4,7H2,1-3H3,(H,20,22)(H,23,24). The molecule has 0 aliphatic heterocycles. The van der Waals surface area contributed by atoms with Crippen molar-refractivity contribution in [1.29, 1.82) is 0 Å². The second-order valence-electron chi connectivity index (χ2n) is 6.25. The number of sulfone groups is 1. The van der Waals surface area contributed by atoms with E-state index in [0.29, 0.717) is 29.0 Å². The molecule has 0 unspecified atom stereocenters. The first-order chi connectivity index (χ1) is 13.0. The fraction of sp³-hybridized carbons (Fsp3) is 0.263. The summed E-state index contributed by atoms with van der Waals surface area (Å²) >= 11 is 0. The quantitative estimate of drug-likeness (QED) is 0.628. The monoisotopic (exact) mass is 407 g/mol. The molecule has 0 spiro atoms. The van der Waals surface area contributed by atoms with E-state index in [0.717, 1.165) is 0 Å². The van der Waals surface area contributed by atoms with Crippen LogP contribution >= 0.6 is 0 Å². The van der Waals surface area contributed by atoms with Gasteiger partial charge in [-0.1, -0.05) is 6.92 Å². The molecule has 0 aliphatic carbocycles. The van der Waals surface area contributed by atoms with E-state index in [1.165, 1.54) is 18.2 Å². The molecule has 0 bridgehead atoms. The number of hydrogen-bond acceptors (Lipinski definition) is 6. The van der Waals surface area contributed by atoms with Crippen LogP contribution in [-0.2, 0) is 19.4 Å². The lowest BCUT2D eigenvalue weighted by atomic mass is 10.1. The maximum absolute atomic E-state index is 12.3. The minimum Gasteiger partial charge on any atom is -0.507 e. The highest BCUT2D eigenvalue weighted by Crippen LogP contribution is 2.35. The number of aliphatic carboxylic acids is 1. The average Bonchev–Trinajstić information content (AvgIpc) is 2.59. The minimum atomic E-state index is -3.64. The first-order valence-electron chi connectivity index (χ1n) is 8.44.